The van der Waals surface area contributed by atoms with Gasteiger partial charge in [0.1, 0.15) is 5.69 Å². The normalized spacial score (nSPS) is 10.9. The van der Waals surface area contributed by atoms with Crippen LogP contribution in [0.15, 0.2) is 12.1 Å². The Bertz CT molecular complexity index is 615. The van der Waals surface area contributed by atoms with Gasteiger partial charge in [-0.2, -0.15) is 5.10 Å². The number of hydrogen-bond donors (Lipinski definition) is 1. The molecule has 4 nitrogen and oxygen atoms in total. The van der Waals surface area contributed by atoms with Gasteiger partial charge in [-0.25, -0.2) is 8.78 Å². The number of nitrogens with zero attached hydrogens (tertiary/aromatic N) is 2. The molecule has 108 valence electrons. The maximum absolute atomic E-state index is 14.0. The van der Waals surface area contributed by atoms with Crippen molar-refractivity contribution in [3.8, 4) is 11.5 Å². The summed E-state index contributed by atoms with van der Waals surface area (Å²) in [6.45, 7) is 3.90. The highest BCUT2D eigenvalue weighted by atomic mass is 19.1. The molecule has 0 saturated heterocycles. The number of ether oxygens (including phenoxy) is 1. The van der Waals surface area contributed by atoms with Crippen LogP contribution in [0.2, 0.25) is 0 Å². The zero-order chi connectivity index (χ0) is 14.9. The lowest BCUT2D eigenvalue weighted by Crippen LogP contribution is -2.06. The Hall–Kier alpha value is -1.95. The fraction of sp³-hybridized carbons (Fsp3) is 0.357. The second-order valence-corrected chi connectivity index (χ2v) is 4.64. The van der Waals surface area contributed by atoms with Gasteiger partial charge in [0.15, 0.2) is 23.1 Å². The molecule has 0 unspecified atom stereocenters. The van der Waals surface area contributed by atoms with Crippen molar-refractivity contribution < 1.29 is 13.5 Å². The van der Waals surface area contributed by atoms with Gasteiger partial charge in [-0.3, -0.25) is 4.68 Å². The first-order valence-corrected chi connectivity index (χ1v) is 6.24. The highest BCUT2D eigenvalue weighted by Gasteiger charge is 2.18. The van der Waals surface area contributed by atoms with Crippen molar-refractivity contribution in [2.24, 2.45) is 7.05 Å². The highest BCUT2D eigenvalue weighted by Crippen LogP contribution is 2.32. The average molecular weight is 281 g/mol. The summed E-state index contributed by atoms with van der Waals surface area (Å²) < 4.78 is 34.9. The maximum atomic E-state index is 14.0. The first-order chi connectivity index (χ1) is 9.43. The molecular formula is C14H17F2N3O. The molecule has 1 aromatic carbocycles. The topological polar surface area (TPSA) is 39.1 Å². The van der Waals surface area contributed by atoms with Crippen LogP contribution in [0.25, 0.3) is 0 Å². The largest absolute Gasteiger partial charge is 0.447 e. The van der Waals surface area contributed by atoms with Crippen LogP contribution in [0, 0.1) is 25.5 Å². The van der Waals surface area contributed by atoms with Crippen molar-refractivity contribution in [1.82, 2.24) is 15.1 Å². The predicted octanol–water partition coefficient (Wildman–Crippen LogP) is 2.83. The fourth-order valence-corrected chi connectivity index (χ4v) is 2.02. The third kappa shape index (κ3) is 2.65. The molecule has 0 spiro atoms. The molecule has 0 aliphatic rings. The van der Waals surface area contributed by atoms with Crippen molar-refractivity contribution in [3.05, 3.63) is 40.7 Å². The number of rotatable bonds is 4. The molecule has 1 N–H and O–H groups in total. The minimum Gasteiger partial charge on any atom is -0.447 e. The molecule has 0 fully saturated rings. The maximum Gasteiger partial charge on any atom is 0.198 e. The summed E-state index contributed by atoms with van der Waals surface area (Å²) in [6, 6.07) is 2.52. The molecule has 1 heterocycles. The monoisotopic (exact) mass is 281 g/mol. The van der Waals surface area contributed by atoms with E-state index in [0.717, 1.165) is 0 Å². The Morgan fingerprint density at radius 1 is 1.20 bits per heavy atom. The Balaban J connectivity index is 2.39. The minimum atomic E-state index is -0.724. The Morgan fingerprint density at radius 2 is 1.80 bits per heavy atom. The summed E-state index contributed by atoms with van der Waals surface area (Å²) in [5.74, 6) is -1.47. The van der Waals surface area contributed by atoms with E-state index in [9.17, 15) is 8.78 Å². The SMILES string of the molecule is CNCc1cc(F)c(Oc2c(C)nn(C)c2C)c(F)c1. The number of aromatic nitrogens is 2. The molecule has 0 amide bonds. The minimum absolute atomic E-state index is 0.381. The average Bonchev–Trinajstić information content (AvgIpc) is 2.60. The predicted molar refractivity (Wildman–Crippen MR) is 71.9 cm³/mol. The molecule has 0 aliphatic heterocycles. The van der Waals surface area contributed by atoms with E-state index in [-0.39, 0.29) is 0 Å². The van der Waals surface area contributed by atoms with Gasteiger partial charge < -0.3 is 10.1 Å². The van der Waals surface area contributed by atoms with E-state index in [1.165, 1.54) is 12.1 Å². The van der Waals surface area contributed by atoms with Crippen molar-refractivity contribution in [2.45, 2.75) is 20.4 Å². The van der Waals surface area contributed by atoms with Crippen LogP contribution in [-0.4, -0.2) is 16.8 Å². The van der Waals surface area contributed by atoms with E-state index in [1.807, 2.05) is 0 Å². The van der Waals surface area contributed by atoms with E-state index in [0.29, 0.717) is 29.2 Å². The van der Waals surface area contributed by atoms with Crippen molar-refractivity contribution in [1.29, 1.82) is 0 Å². The third-order valence-electron chi connectivity index (χ3n) is 3.09. The highest BCUT2D eigenvalue weighted by molar-refractivity contribution is 5.39. The van der Waals surface area contributed by atoms with Gasteiger partial charge in [0.2, 0.25) is 0 Å². The van der Waals surface area contributed by atoms with Crippen molar-refractivity contribution in [3.63, 3.8) is 0 Å². The van der Waals surface area contributed by atoms with E-state index in [2.05, 4.69) is 10.4 Å². The van der Waals surface area contributed by atoms with Gasteiger partial charge in [-0.1, -0.05) is 0 Å². The van der Waals surface area contributed by atoms with E-state index >= 15 is 0 Å². The number of halogens is 2. The summed E-state index contributed by atoms with van der Waals surface area (Å²) >= 11 is 0. The van der Waals surface area contributed by atoms with Gasteiger partial charge in [0, 0.05) is 13.6 Å². The molecule has 0 bridgehead atoms. The summed E-state index contributed by atoms with van der Waals surface area (Å²) in [7, 11) is 3.46. The van der Waals surface area contributed by atoms with E-state index in [4.69, 9.17) is 4.74 Å². The van der Waals surface area contributed by atoms with E-state index < -0.39 is 17.4 Å². The first-order valence-electron chi connectivity index (χ1n) is 6.24. The van der Waals surface area contributed by atoms with Gasteiger partial charge >= 0.3 is 0 Å². The number of benzene rings is 1. The van der Waals surface area contributed by atoms with Crippen LogP contribution in [0.4, 0.5) is 8.78 Å². The smallest absolute Gasteiger partial charge is 0.198 e. The van der Waals surface area contributed by atoms with Crippen molar-refractivity contribution in [2.75, 3.05) is 7.05 Å². The standard InChI is InChI=1S/C14H17F2N3O/c1-8-13(9(2)19(4)18-8)20-14-11(15)5-10(7-17-3)6-12(14)16/h5-6,17H,7H2,1-4H3. The Labute approximate surface area is 116 Å². The first kappa shape index (κ1) is 14.5. The van der Waals surface area contributed by atoms with Crippen LogP contribution < -0.4 is 10.1 Å². The summed E-state index contributed by atoms with van der Waals surface area (Å²) in [6.07, 6.45) is 0. The molecule has 0 atom stereocenters. The van der Waals surface area contributed by atoms with Crippen LogP contribution in [0.5, 0.6) is 11.5 Å². The van der Waals surface area contributed by atoms with Gasteiger partial charge in [-0.15, -0.1) is 0 Å². The number of aryl methyl sites for hydroxylation is 2. The van der Waals surface area contributed by atoms with Gasteiger partial charge in [-0.05, 0) is 38.6 Å². The summed E-state index contributed by atoms with van der Waals surface area (Å²) in [4.78, 5) is 0. The van der Waals surface area contributed by atoms with Crippen molar-refractivity contribution >= 4 is 0 Å². The van der Waals surface area contributed by atoms with Gasteiger partial charge in [0.25, 0.3) is 0 Å². The molecule has 6 heteroatoms. The lowest BCUT2D eigenvalue weighted by Gasteiger charge is -2.10. The number of nitrogens with one attached hydrogen (secondary N) is 1. The van der Waals surface area contributed by atoms with Gasteiger partial charge in [0.05, 0.1) is 5.69 Å². The second kappa shape index (κ2) is 5.58. The number of hydrogen-bond acceptors (Lipinski definition) is 3. The van der Waals surface area contributed by atoms with Crippen LogP contribution in [-0.2, 0) is 13.6 Å². The molecule has 2 aromatic rings. The molecule has 20 heavy (non-hydrogen) atoms. The Morgan fingerprint density at radius 3 is 2.25 bits per heavy atom. The molecule has 0 saturated carbocycles. The molecule has 1 aromatic heterocycles. The second-order valence-electron chi connectivity index (χ2n) is 4.64. The fourth-order valence-electron chi connectivity index (χ4n) is 2.02. The quantitative estimate of drug-likeness (QED) is 0.936. The zero-order valence-corrected chi connectivity index (χ0v) is 11.9. The Kier molecular flexibility index (Phi) is 4.04. The molecule has 2 rings (SSSR count). The third-order valence-corrected chi connectivity index (χ3v) is 3.09. The van der Waals surface area contributed by atoms with Crippen LogP contribution >= 0.6 is 0 Å². The molecular weight excluding hydrogens is 264 g/mol. The van der Waals surface area contributed by atoms with Crippen LogP contribution in [0.1, 0.15) is 17.0 Å². The zero-order valence-electron chi connectivity index (χ0n) is 11.9. The molecule has 0 aliphatic carbocycles. The van der Waals surface area contributed by atoms with Crippen LogP contribution in [0.3, 0.4) is 0 Å². The lowest BCUT2D eigenvalue weighted by atomic mass is 10.2. The van der Waals surface area contributed by atoms with E-state index in [1.54, 1.807) is 32.6 Å². The lowest BCUT2D eigenvalue weighted by molar-refractivity contribution is 0.401. The summed E-state index contributed by atoms with van der Waals surface area (Å²) in [5, 5.41) is 6.99. The summed E-state index contributed by atoms with van der Waals surface area (Å²) in [5.41, 5.74) is 1.82. The molecule has 0 radical (unpaired) electrons.